The highest BCUT2D eigenvalue weighted by Gasteiger charge is 2.32. The molecule has 2 heteroatoms. The maximum Gasteiger partial charge on any atom is 0.163 e. The second kappa shape index (κ2) is 4.27. The number of hydrogen-bond donors (Lipinski definition) is 1. The highest BCUT2D eigenvalue weighted by molar-refractivity contribution is 6.04. The van der Waals surface area contributed by atoms with Crippen LogP contribution in [0.5, 0.6) is 0 Å². The van der Waals surface area contributed by atoms with Gasteiger partial charge in [0.15, 0.2) is 5.78 Å². The van der Waals surface area contributed by atoms with E-state index in [1.807, 2.05) is 19.1 Å². The van der Waals surface area contributed by atoms with Gasteiger partial charge in [0.2, 0.25) is 0 Å². The molecule has 0 atom stereocenters. The summed E-state index contributed by atoms with van der Waals surface area (Å²) in [5, 5.41) is 0. The monoisotopic (exact) mass is 241 g/mol. The number of allylic oxidation sites excluding steroid dienone is 1. The second-order valence-electron chi connectivity index (χ2n) is 5.54. The third kappa shape index (κ3) is 2.07. The zero-order chi connectivity index (χ0) is 12.7. The topological polar surface area (TPSA) is 43.1 Å². The number of Topliss-reactive ketones (excluding diaryl/α,β-unsaturated/α-hetero) is 1. The van der Waals surface area contributed by atoms with E-state index in [1.165, 1.54) is 18.4 Å². The molecule has 0 spiro atoms. The number of benzene rings is 1. The molecule has 1 aromatic carbocycles. The standard InChI is InChI=1S/C16H19NO/c1-10(16(18)12-8-9-12)15(17)14-5-3-2-4-13(14)11-6-7-11/h2-5,11-12H,6-9,17H2,1H3. The molecule has 18 heavy (non-hydrogen) atoms. The molecule has 0 radical (unpaired) electrons. The van der Waals surface area contributed by atoms with E-state index < -0.39 is 0 Å². The van der Waals surface area contributed by atoms with Crippen LogP contribution in [-0.2, 0) is 4.79 Å². The van der Waals surface area contributed by atoms with Crippen molar-refractivity contribution in [3.05, 3.63) is 41.0 Å². The number of carbonyl (C=O) groups is 1. The van der Waals surface area contributed by atoms with E-state index in [0.29, 0.717) is 11.6 Å². The van der Waals surface area contributed by atoms with Crippen molar-refractivity contribution in [2.45, 2.75) is 38.5 Å². The molecule has 0 aliphatic heterocycles. The van der Waals surface area contributed by atoms with E-state index in [2.05, 4.69) is 12.1 Å². The SMILES string of the molecule is CC(C(=O)C1CC1)=C(N)c1ccccc1C1CC1. The van der Waals surface area contributed by atoms with Crippen LogP contribution in [0.1, 0.15) is 49.7 Å². The predicted molar refractivity (Wildman–Crippen MR) is 72.9 cm³/mol. The van der Waals surface area contributed by atoms with Gasteiger partial charge in [0, 0.05) is 22.8 Å². The third-order valence-corrected chi connectivity index (χ3v) is 3.99. The molecular formula is C16H19NO. The van der Waals surface area contributed by atoms with Crippen molar-refractivity contribution in [3.63, 3.8) is 0 Å². The van der Waals surface area contributed by atoms with Crippen molar-refractivity contribution in [1.29, 1.82) is 0 Å². The van der Waals surface area contributed by atoms with Crippen LogP contribution in [0.3, 0.4) is 0 Å². The van der Waals surface area contributed by atoms with Crippen LogP contribution in [0.2, 0.25) is 0 Å². The van der Waals surface area contributed by atoms with Crippen LogP contribution in [0.15, 0.2) is 29.8 Å². The molecule has 0 saturated heterocycles. The molecule has 3 rings (SSSR count). The lowest BCUT2D eigenvalue weighted by atomic mass is 9.96. The molecule has 0 heterocycles. The first-order chi connectivity index (χ1) is 8.68. The minimum Gasteiger partial charge on any atom is -0.398 e. The Hall–Kier alpha value is -1.57. The lowest BCUT2D eigenvalue weighted by Gasteiger charge is -2.11. The van der Waals surface area contributed by atoms with Gasteiger partial charge in [-0.15, -0.1) is 0 Å². The Morgan fingerprint density at radius 2 is 1.83 bits per heavy atom. The average molecular weight is 241 g/mol. The molecule has 2 aliphatic rings. The van der Waals surface area contributed by atoms with Crippen molar-refractivity contribution < 1.29 is 4.79 Å². The summed E-state index contributed by atoms with van der Waals surface area (Å²) in [5.41, 5.74) is 10.1. The minimum atomic E-state index is 0.247. The first-order valence-electron chi connectivity index (χ1n) is 6.78. The normalized spacial score (nSPS) is 20.5. The summed E-state index contributed by atoms with van der Waals surface area (Å²) in [4.78, 5) is 12.1. The van der Waals surface area contributed by atoms with Crippen molar-refractivity contribution in [2.75, 3.05) is 0 Å². The molecule has 94 valence electrons. The van der Waals surface area contributed by atoms with E-state index in [9.17, 15) is 4.79 Å². The Labute approximate surface area is 108 Å². The summed E-state index contributed by atoms with van der Waals surface area (Å²) < 4.78 is 0. The Morgan fingerprint density at radius 1 is 1.17 bits per heavy atom. The highest BCUT2D eigenvalue weighted by Crippen LogP contribution is 2.43. The number of ketones is 1. The number of rotatable bonds is 4. The van der Waals surface area contributed by atoms with Crippen molar-refractivity contribution in [3.8, 4) is 0 Å². The summed E-state index contributed by atoms with van der Waals surface area (Å²) >= 11 is 0. The maximum absolute atomic E-state index is 12.1. The van der Waals surface area contributed by atoms with Gasteiger partial charge >= 0.3 is 0 Å². The first kappa shape index (κ1) is 11.5. The second-order valence-corrected chi connectivity index (χ2v) is 5.54. The Morgan fingerprint density at radius 3 is 2.44 bits per heavy atom. The largest absolute Gasteiger partial charge is 0.398 e. The Kier molecular flexibility index (Phi) is 2.73. The average Bonchev–Trinajstić information content (AvgIpc) is 3.28. The number of carbonyl (C=O) groups excluding carboxylic acids is 1. The lowest BCUT2D eigenvalue weighted by Crippen LogP contribution is -2.11. The van der Waals surface area contributed by atoms with Gasteiger partial charge in [0.1, 0.15) is 0 Å². The molecule has 0 aromatic heterocycles. The van der Waals surface area contributed by atoms with Gasteiger partial charge in [0.25, 0.3) is 0 Å². The quantitative estimate of drug-likeness (QED) is 0.822. The van der Waals surface area contributed by atoms with E-state index in [-0.39, 0.29) is 11.7 Å². The van der Waals surface area contributed by atoms with Crippen LogP contribution in [-0.4, -0.2) is 5.78 Å². The summed E-state index contributed by atoms with van der Waals surface area (Å²) in [6.07, 6.45) is 4.57. The zero-order valence-corrected chi connectivity index (χ0v) is 10.8. The molecule has 2 fully saturated rings. The molecule has 2 nitrogen and oxygen atoms in total. The van der Waals surface area contributed by atoms with Gasteiger partial charge in [-0.3, -0.25) is 4.79 Å². The molecule has 1 aromatic rings. The Balaban J connectivity index is 1.97. The van der Waals surface area contributed by atoms with Crippen LogP contribution in [0.4, 0.5) is 0 Å². The zero-order valence-electron chi connectivity index (χ0n) is 10.8. The molecule has 2 saturated carbocycles. The fraction of sp³-hybridized carbons (Fsp3) is 0.438. The molecule has 0 unspecified atom stereocenters. The van der Waals surface area contributed by atoms with E-state index in [0.717, 1.165) is 24.0 Å². The highest BCUT2D eigenvalue weighted by atomic mass is 16.1. The number of hydrogen-bond acceptors (Lipinski definition) is 2. The van der Waals surface area contributed by atoms with Gasteiger partial charge in [-0.05, 0) is 44.1 Å². The van der Waals surface area contributed by atoms with Crippen LogP contribution < -0.4 is 5.73 Å². The van der Waals surface area contributed by atoms with Crippen molar-refractivity contribution in [1.82, 2.24) is 0 Å². The maximum atomic E-state index is 12.1. The molecule has 0 bridgehead atoms. The molecule has 0 amide bonds. The van der Waals surface area contributed by atoms with Crippen molar-refractivity contribution in [2.24, 2.45) is 11.7 Å². The van der Waals surface area contributed by atoms with Gasteiger partial charge < -0.3 is 5.73 Å². The Bertz CT molecular complexity index is 522. The van der Waals surface area contributed by atoms with E-state index in [4.69, 9.17) is 5.73 Å². The van der Waals surface area contributed by atoms with Crippen molar-refractivity contribution >= 4 is 11.5 Å². The van der Waals surface area contributed by atoms with Gasteiger partial charge in [-0.25, -0.2) is 0 Å². The first-order valence-corrected chi connectivity index (χ1v) is 6.78. The van der Waals surface area contributed by atoms with E-state index >= 15 is 0 Å². The van der Waals surface area contributed by atoms with E-state index in [1.54, 1.807) is 0 Å². The number of nitrogens with two attached hydrogens (primary N) is 1. The van der Waals surface area contributed by atoms with Crippen LogP contribution >= 0.6 is 0 Å². The summed E-state index contributed by atoms with van der Waals surface area (Å²) in [6.45, 7) is 1.87. The molecule has 2 N–H and O–H groups in total. The fourth-order valence-corrected chi connectivity index (χ4v) is 2.48. The lowest BCUT2D eigenvalue weighted by molar-refractivity contribution is -0.116. The van der Waals surface area contributed by atoms with Gasteiger partial charge in [-0.2, -0.15) is 0 Å². The third-order valence-electron chi connectivity index (χ3n) is 3.99. The summed E-state index contributed by atoms with van der Waals surface area (Å²) in [5.74, 6) is 1.15. The van der Waals surface area contributed by atoms with Gasteiger partial charge in [0.05, 0.1) is 0 Å². The van der Waals surface area contributed by atoms with Crippen LogP contribution in [0, 0.1) is 5.92 Å². The molecular weight excluding hydrogens is 222 g/mol. The summed E-state index contributed by atoms with van der Waals surface area (Å²) in [7, 11) is 0. The minimum absolute atomic E-state index is 0.247. The molecule has 2 aliphatic carbocycles. The van der Waals surface area contributed by atoms with Gasteiger partial charge in [-0.1, -0.05) is 24.3 Å². The predicted octanol–water partition coefficient (Wildman–Crippen LogP) is 3.23. The smallest absolute Gasteiger partial charge is 0.163 e. The fourth-order valence-electron chi connectivity index (χ4n) is 2.48. The van der Waals surface area contributed by atoms with Crippen LogP contribution in [0.25, 0.3) is 5.70 Å². The summed E-state index contributed by atoms with van der Waals surface area (Å²) in [6, 6.07) is 8.26.